The van der Waals surface area contributed by atoms with E-state index in [-0.39, 0.29) is 10.8 Å². The van der Waals surface area contributed by atoms with E-state index < -0.39 is 23.6 Å². The van der Waals surface area contributed by atoms with Gasteiger partial charge in [0.2, 0.25) is 5.91 Å². The second kappa shape index (κ2) is 8.65. The molecule has 0 radical (unpaired) electrons. The summed E-state index contributed by atoms with van der Waals surface area (Å²) in [7, 11) is 0. The maximum atomic E-state index is 13.2. The first kappa shape index (κ1) is 22.1. The lowest BCUT2D eigenvalue weighted by Gasteiger charge is -2.15. The molecule has 2 aromatic carbocycles. The highest BCUT2D eigenvalue weighted by Crippen LogP contribution is 2.28. The molecule has 0 spiro atoms. The Morgan fingerprint density at radius 2 is 1.61 bits per heavy atom. The van der Waals surface area contributed by atoms with Gasteiger partial charge in [-0.2, -0.15) is 5.10 Å². The summed E-state index contributed by atoms with van der Waals surface area (Å²) < 4.78 is 0. The molecule has 1 saturated heterocycles. The molecule has 2 aromatic rings. The molecule has 1 fully saturated rings. The van der Waals surface area contributed by atoms with Crippen LogP contribution in [0.3, 0.4) is 0 Å². The van der Waals surface area contributed by atoms with Crippen LogP contribution in [0.4, 0.5) is 11.4 Å². The van der Waals surface area contributed by atoms with Crippen LogP contribution in [-0.2, 0) is 14.4 Å². The summed E-state index contributed by atoms with van der Waals surface area (Å²) in [6.07, 6.45) is 0. The highest BCUT2D eigenvalue weighted by molar-refractivity contribution is 7.80. The van der Waals surface area contributed by atoms with Crippen LogP contribution in [0, 0.1) is 33.6 Å². The van der Waals surface area contributed by atoms with E-state index >= 15 is 0 Å². The van der Waals surface area contributed by atoms with E-state index in [1.165, 1.54) is 0 Å². The van der Waals surface area contributed by atoms with E-state index in [4.69, 9.17) is 18.0 Å². The Morgan fingerprint density at radius 3 is 2.19 bits per heavy atom. The minimum Gasteiger partial charge on any atom is -0.375 e. The fourth-order valence-corrected chi connectivity index (χ4v) is 3.24. The number of imide groups is 1. The lowest BCUT2D eigenvalue weighted by molar-refractivity contribution is -0.127. The predicted octanol–water partition coefficient (Wildman–Crippen LogP) is 2.24. The standard InChI is InChI=1S/C22H23N5O3S/c1-11-5-7-15(9-13(11)3)24-19(28)17-18(25-26-22(23)31)21(30)27(20(17)29)16-8-6-12(2)14(4)10-16/h5-10,17H,1-4H3,(H,24,28)(H3,23,26,31). The monoisotopic (exact) mass is 437 g/mol. The third-order valence-corrected chi connectivity index (χ3v) is 5.33. The number of aryl methyl sites for hydroxylation is 4. The number of hydrogen-bond donors (Lipinski definition) is 3. The van der Waals surface area contributed by atoms with E-state index in [2.05, 4.69) is 15.8 Å². The molecule has 3 rings (SSSR count). The molecule has 8 nitrogen and oxygen atoms in total. The van der Waals surface area contributed by atoms with Crippen LogP contribution in [0.5, 0.6) is 0 Å². The number of hydrazone groups is 1. The highest BCUT2D eigenvalue weighted by atomic mass is 32.1. The second-order valence-corrected chi connectivity index (χ2v) is 7.88. The summed E-state index contributed by atoms with van der Waals surface area (Å²) in [6.45, 7) is 7.66. The van der Waals surface area contributed by atoms with Crippen LogP contribution in [-0.4, -0.2) is 28.5 Å². The number of anilines is 2. The lowest BCUT2D eigenvalue weighted by Crippen LogP contribution is -2.35. The molecule has 3 amide bonds. The number of benzene rings is 2. The molecular weight excluding hydrogens is 414 g/mol. The average molecular weight is 438 g/mol. The van der Waals surface area contributed by atoms with Gasteiger partial charge in [0, 0.05) is 5.69 Å². The molecule has 31 heavy (non-hydrogen) atoms. The van der Waals surface area contributed by atoms with Crippen LogP contribution < -0.4 is 21.4 Å². The molecule has 1 aliphatic heterocycles. The van der Waals surface area contributed by atoms with E-state index in [9.17, 15) is 14.4 Å². The molecule has 0 saturated carbocycles. The summed E-state index contributed by atoms with van der Waals surface area (Å²) in [5.41, 5.74) is 12.3. The van der Waals surface area contributed by atoms with Gasteiger partial charge in [-0.1, -0.05) is 12.1 Å². The minimum atomic E-state index is -1.45. The smallest absolute Gasteiger partial charge is 0.282 e. The van der Waals surface area contributed by atoms with Crippen molar-refractivity contribution in [1.29, 1.82) is 0 Å². The van der Waals surface area contributed by atoms with E-state index in [1.807, 2.05) is 33.8 Å². The van der Waals surface area contributed by atoms with E-state index in [1.54, 1.807) is 30.3 Å². The topological polar surface area (TPSA) is 117 Å². The molecule has 160 valence electrons. The van der Waals surface area contributed by atoms with Gasteiger partial charge in [-0.05, 0) is 86.4 Å². The van der Waals surface area contributed by atoms with Crippen LogP contribution in [0.15, 0.2) is 41.5 Å². The Labute approximate surface area is 185 Å². The van der Waals surface area contributed by atoms with Gasteiger partial charge in [0.15, 0.2) is 11.0 Å². The van der Waals surface area contributed by atoms with Gasteiger partial charge in [-0.25, -0.2) is 4.90 Å². The van der Waals surface area contributed by atoms with Gasteiger partial charge in [0.25, 0.3) is 11.8 Å². The SMILES string of the molecule is Cc1ccc(NC(=O)C2C(=O)N(c3ccc(C)c(C)c3)C(=O)C2=NNC(N)=S)cc1C. The van der Waals surface area contributed by atoms with Crippen molar-refractivity contribution in [2.45, 2.75) is 27.7 Å². The molecule has 0 bridgehead atoms. The molecule has 9 heteroatoms. The number of nitrogens with two attached hydrogens (primary N) is 1. The Morgan fingerprint density at radius 1 is 1.00 bits per heavy atom. The molecular formula is C22H23N5O3S. The Bertz CT molecular complexity index is 1140. The van der Waals surface area contributed by atoms with Crippen molar-refractivity contribution in [3.63, 3.8) is 0 Å². The maximum absolute atomic E-state index is 13.2. The number of thiocarbonyl (C=S) groups is 1. The van der Waals surface area contributed by atoms with E-state index in [0.717, 1.165) is 27.2 Å². The number of hydrogen-bond acceptors (Lipinski definition) is 5. The predicted molar refractivity (Wildman–Crippen MR) is 124 cm³/mol. The minimum absolute atomic E-state index is 0.189. The highest BCUT2D eigenvalue weighted by Gasteiger charge is 2.50. The number of carbonyl (C=O) groups is 3. The van der Waals surface area contributed by atoms with Crippen molar-refractivity contribution in [2.75, 3.05) is 10.2 Å². The van der Waals surface area contributed by atoms with Crippen LogP contribution >= 0.6 is 12.2 Å². The van der Waals surface area contributed by atoms with Gasteiger partial charge in [-0.3, -0.25) is 19.8 Å². The number of nitrogens with zero attached hydrogens (tertiary/aromatic N) is 2. The Kier molecular flexibility index (Phi) is 6.16. The van der Waals surface area contributed by atoms with Crippen molar-refractivity contribution in [3.8, 4) is 0 Å². The summed E-state index contributed by atoms with van der Waals surface area (Å²) in [6, 6.07) is 10.6. The van der Waals surface area contributed by atoms with Crippen LogP contribution in [0.2, 0.25) is 0 Å². The zero-order chi connectivity index (χ0) is 22.9. The number of carbonyl (C=O) groups excluding carboxylic acids is 3. The Hall–Kier alpha value is -3.59. The normalized spacial score (nSPS) is 17.2. The maximum Gasteiger partial charge on any atom is 0.282 e. The zero-order valence-corrected chi connectivity index (χ0v) is 18.5. The molecule has 1 aliphatic rings. The van der Waals surface area contributed by atoms with Crippen LogP contribution in [0.1, 0.15) is 22.3 Å². The number of nitrogens with one attached hydrogen (secondary N) is 2. The quantitative estimate of drug-likeness (QED) is 0.292. The molecule has 1 unspecified atom stereocenters. The van der Waals surface area contributed by atoms with Gasteiger partial charge in [-0.15, -0.1) is 0 Å². The van der Waals surface area contributed by atoms with E-state index in [0.29, 0.717) is 11.4 Å². The van der Waals surface area contributed by atoms with Crippen LogP contribution in [0.25, 0.3) is 0 Å². The lowest BCUT2D eigenvalue weighted by atomic mass is 10.0. The number of amides is 3. The first-order chi connectivity index (χ1) is 14.6. The summed E-state index contributed by atoms with van der Waals surface area (Å²) in [5, 5.41) is 6.39. The molecule has 0 aromatic heterocycles. The van der Waals surface area contributed by atoms with Crippen molar-refractivity contribution in [1.82, 2.24) is 5.43 Å². The van der Waals surface area contributed by atoms with Gasteiger partial charge >= 0.3 is 0 Å². The first-order valence-electron chi connectivity index (χ1n) is 9.57. The summed E-state index contributed by atoms with van der Waals surface area (Å²) in [4.78, 5) is 40.2. The van der Waals surface area contributed by atoms with Gasteiger partial charge < -0.3 is 11.1 Å². The summed E-state index contributed by atoms with van der Waals surface area (Å²) in [5.74, 6) is -3.52. The van der Waals surface area contributed by atoms with Crippen molar-refractivity contribution < 1.29 is 14.4 Å². The largest absolute Gasteiger partial charge is 0.375 e. The molecule has 4 N–H and O–H groups in total. The fourth-order valence-electron chi connectivity index (χ4n) is 3.19. The second-order valence-electron chi connectivity index (χ2n) is 7.44. The molecule has 1 atom stereocenters. The van der Waals surface area contributed by atoms with Crippen molar-refractivity contribution in [2.24, 2.45) is 16.8 Å². The molecule has 0 aliphatic carbocycles. The molecule has 1 heterocycles. The van der Waals surface area contributed by atoms with Gasteiger partial charge in [0.05, 0.1) is 5.69 Å². The third kappa shape index (κ3) is 4.46. The summed E-state index contributed by atoms with van der Waals surface area (Å²) >= 11 is 4.74. The first-order valence-corrected chi connectivity index (χ1v) is 9.97. The number of rotatable bonds is 4. The van der Waals surface area contributed by atoms with Crippen molar-refractivity contribution >= 4 is 52.1 Å². The Balaban J connectivity index is 1.99. The zero-order valence-electron chi connectivity index (χ0n) is 17.6. The fraction of sp³-hybridized carbons (Fsp3) is 0.227. The van der Waals surface area contributed by atoms with Gasteiger partial charge in [0.1, 0.15) is 5.71 Å². The third-order valence-electron chi connectivity index (χ3n) is 5.23. The average Bonchev–Trinajstić information content (AvgIpc) is 2.95. The van der Waals surface area contributed by atoms with Crippen molar-refractivity contribution in [3.05, 3.63) is 58.7 Å².